The molecule has 1 aromatic heterocycles. The topological polar surface area (TPSA) is 122 Å². The molecule has 0 saturated carbocycles. The Balaban J connectivity index is 1.97. The molecule has 0 radical (unpaired) electrons. The fourth-order valence-electron chi connectivity index (χ4n) is 3.39. The summed E-state index contributed by atoms with van der Waals surface area (Å²) in [6, 6.07) is 12.9. The van der Waals surface area contributed by atoms with Crippen LogP contribution in [0.1, 0.15) is 33.3 Å². The van der Waals surface area contributed by atoms with Gasteiger partial charge >= 0.3 is 11.9 Å². The lowest BCUT2D eigenvalue weighted by molar-refractivity contribution is 0.0517. The Kier molecular flexibility index (Phi) is 4.65. The molecular weight excluding hydrogens is 396 g/mol. The van der Waals surface area contributed by atoms with Crippen LogP contribution in [0.2, 0.25) is 0 Å². The van der Waals surface area contributed by atoms with Gasteiger partial charge in [-0.25, -0.2) is 14.3 Å². The highest BCUT2D eigenvalue weighted by atomic mass is 32.3. The van der Waals surface area contributed by atoms with Gasteiger partial charge in [0.05, 0.1) is 34.2 Å². The molecule has 4 rings (SSSR count). The number of hydrogen-bond acceptors (Lipinski definition) is 6. The number of hydrogen-bond donors (Lipinski definition) is 3. The SMILES string of the molecule is CCOC(=O)c1nn(-c2ccc(C(=O)O)cc2)c2c1CS(O)(O)c1ccccc1-2. The van der Waals surface area contributed by atoms with Gasteiger partial charge in [0.1, 0.15) is 0 Å². The van der Waals surface area contributed by atoms with Crippen LogP contribution < -0.4 is 0 Å². The van der Waals surface area contributed by atoms with E-state index in [0.717, 1.165) is 0 Å². The van der Waals surface area contributed by atoms with Gasteiger partial charge < -0.3 is 9.84 Å². The van der Waals surface area contributed by atoms with Gasteiger partial charge in [0.15, 0.2) is 5.69 Å². The minimum absolute atomic E-state index is 0.0126. The minimum Gasteiger partial charge on any atom is -0.478 e. The summed E-state index contributed by atoms with van der Waals surface area (Å²) in [5.41, 5.74) is 2.17. The van der Waals surface area contributed by atoms with Gasteiger partial charge in [0.2, 0.25) is 0 Å². The second kappa shape index (κ2) is 7.03. The molecule has 0 saturated heterocycles. The Morgan fingerprint density at radius 1 is 1.14 bits per heavy atom. The van der Waals surface area contributed by atoms with Gasteiger partial charge in [0.25, 0.3) is 0 Å². The third-order valence-corrected chi connectivity index (χ3v) is 6.40. The first-order valence-electron chi connectivity index (χ1n) is 8.81. The van der Waals surface area contributed by atoms with Crippen LogP contribution in [-0.4, -0.2) is 42.5 Å². The highest BCUT2D eigenvalue weighted by Gasteiger charge is 2.36. The van der Waals surface area contributed by atoms with Gasteiger partial charge in [-0.3, -0.25) is 9.11 Å². The number of carboxylic acid groups (broad SMARTS) is 1. The Morgan fingerprint density at radius 3 is 2.48 bits per heavy atom. The van der Waals surface area contributed by atoms with Crippen LogP contribution in [0.15, 0.2) is 53.4 Å². The normalized spacial score (nSPS) is 15.1. The van der Waals surface area contributed by atoms with E-state index in [0.29, 0.717) is 27.4 Å². The molecule has 150 valence electrons. The molecule has 2 heterocycles. The summed E-state index contributed by atoms with van der Waals surface area (Å²) < 4.78 is 28.0. The zero-order valence-electron chi connectivity index (χ0n) is 15.4. The first kappa shape index (κ1) is 19.2. The summed E-state index contributed by atoms with van der Waals surface area (Å²) in [6.45, 7) is 1.83. The van der Waals surface area contributed by atoms with Crippen molar-refractivity contribution >= 4 is 22.5 Å². The number of carbonyl (C=O) groups is 2. The van der Waals surface area contributed by atoms with Crippen LogP contribution in [0.25, 0.3) is 16.9 Å². The average molecular weight is 414 g/mol. The van der Waals surface area contributed by atoms with E-state index in [-0.39, 0.29) is 23.6 Å². The standard InChI is InChI=1S/C20H18N2O6S/c1-2-28-20(25)17-15-11-29(26,27)16-6-4-3-5-14(16)18(15)22(21-17)13-9-7-12(8-10-13)19(23)24/h3-10,26-27H,2,11H2,1H3,(H,23,24). The molecule has 1 aliphatic heterocycles. The van der Waals surface area contributed by atoms with Crippen molar-refractivity contribution in [1.82, 2.24) is 9.78 Å². The van der Waals surface area contributed by atoms with Crippen LogP contribution >= 0.6 is 10.6 Å². The monoisotopic (exact) mass is 414 g/mol. The van der Waals surface area contributed by atoms with E-state index < -0.39 is 22.5 Å². The van der Waals surface area contributed by atoms with Crippen molar-refractivity contribution in [3.63, 3.8) is 0 Å². The number of aromatic carboxylic acids is 1. The third-order valence-electron chi connectivity index (χ3n) is 4.65. The van der Waals surface area contributed by atoms with Crippen molar-refractivity contribution < 1.29 is 28.5 Å². The first-order chi connectivity index (χ1) is 13.8. The third kappa shape index (κ3) is 3.19. The summed E-state index contributed by atoms with van der Waals surface area (Å²) in [7, 11) is -3.15. The molecule has 1 aliphatic rings. The lowest BCUT2D eigenvalue weighted by Crippen LogP contribution is -2.14. The predicted molar refractivity (Wildman–Crippen MR) is 107 cm³/mol. The molecule has 0 fully saturated rings. The van der Waals surface area contributed by atoms with Crippen molar-refractivity contribution in [2.24, 2.45) is 0 Å². The second-order valence-corrected chi connectivity index (χ2v) is 8.53. The van der Waals surface area contributed by atoms with Crippen molar-refractivity contribution in [2.75, 3.05) is 6.61 Å². The zero-order chi connectivity index (χ0) is 20.8. The molecular formula is C20H18N2O6S. The lowest BCUT2D eigenvalue weighted by Gasteiger charge is -2.37. The number of carbonyl (C=O) groups excluding carboxylic acids is 1. The Hall–Kier alpha value is -3.14. The highest BCUT2D eigenvalue weighted by Crippen LogP contribution is 2.59. The zero-order valence-corrected chi connectivity index (χ0v) is 16.2. The van der Waals surface area contributed by atoms with E-state index in [2.05, 4.69) is 5.10 Å². The number of rotatable bonds is 4. The number of benzene rings is 2. The average Bonchev–Trinajstić information content (AvgIpc) is 3.07. The maximum absolute atomic E-state index is 12.5. The fraction of sp³-hybridized carbons (Fsp3) is 0.150. The van der Waals surface area contributed by atoms with Crippen molar-refractivity contribution in [1.29, 1.82) is 0 Å². The molecule has 0 atom stereocenters. The number of fused-ring (bicyclic) bond motifs is 3. The summed E-state index contributed by atoms with van der Waals surface area (Å²) in [5.74, 6) is -1.86. The number of aromatic nitrogens is 2. The van der Waals surface area contributed by atoms with Gasteiger partial charge in [0, 0.05) is 11.1 Å². The van der Waals surface area contributed by atoms with Crippen LogP contribution in [-0.2, 0) is 10.5 Å². The van der Waals surface area contributed by atoms with Gasteiger partial charge in [-0.15, -0.1) is 0 Å². The molecule has 3 N–H and O–H groups in total. The van der Waals surface area contributed by atoms with E-state index in [9.17, 15) is 18.7 Å². The maximum atomic E-state index is 12.5. The second-order valence-electron chi connectivity index (χ2n) is 6.47. The lowest BCUT2D eigenvalue weighted by atomic mass is 10.1. The van der Waals surface area contributed by atoms with Crippen LogP contribution in [0.4, 0.5) is 0 Å². The molecule has 29 heavy (non-hydrogen) atoms. The van der Waals surface area contributed by atoms with Gasteiger partial charge in [-0.2, -0.15) is 15.7 Å². The summed E-state index contributed by atoms with van der Waals surface area (Å²) in [5, 5.41) is 13.5. The van der Waals surface area contributed by atoms with E-state index in [1.165, 1.54) is 16.8 Å². The van der Waals surface area contributed by atoms with Crippen LogP contribution in [0.3, 0.4) is 0 Å². The first-order valence-corrected chi connectivity index (χ1v) is 10.5. The molecule has 3 aromatic rings. The number of ether oxygens (including phenoxy) is 1. The Bertz CT molecular complexity index is 1120. The predicted octanol–water partition coefficient (Wildman–Crippen LogP) is 4.04. The molecule has 0 bridgehead atoms. The van der Waals surface area contributed by atoms with Crippen molar-refractivity contribution in [3.8, 4) is 16.9 Å². The van der Waals surface area contributed by atoms with Crippen LogP contribution in [0, 0.1) is 0 Å². The molecule has 8 nitrogen and oxygen atoms in total. The quantitative estimate of drug-likeness (QED) is 0.551. The number of nitrogens with zero attached hydrogens (tertiary/aromatic N) is 2. The molecule has 0 unspecified atom stereocenters. The summed E-state index contributed by atoms with van der Waals surface area (Å²) >= 11 is 0. The smallest absolute Gasteiger partial charge is 0.359 e. The van der Waals surface area contributed by atoms with Crippen molar-refractivity contribution in [3.05, 3.63) is 65.4 Å². The fourth-order valence-corrected chi connectivity index (χ4v) is 5.03. The number of esters is 1. The van der Waals surface area contributed by atoms with Crippen molar-refractivity contribution in [2.45, 2.75) is 17.6 Å². The molecule has 0 aliphatic carbocycles. The Morgan fingerprint density at radius 2 is 1.83 bits per heavy atom. The largest absolute Gasteiger partial charge is 0.478 e. The number of carboxylic acids is 1. The Labute approximate surface area is 167 Å². The van der Waals surface area contributed by atoms with Crippen LogP contribution in [0.5, 0.6) is 0 Å². The van der Waals surface area contributed by atoms with E-state index >= 15 is 0 Å². The summed E-state index contributed by atoms with van der Waals surface area (Å²) in [4.78, 5) is 24.0. The van der Waals surface area contributed by atoms with Gasteiger partial charge in [-0.1, -0.05) is 18.2 Å². The van der Waals surface area contributed by atoms with Gasteiger partial charge in [-0.05, 0) is 37.3 Å². The highest BCUT2D eigenvalue weighted by molar-refractivity contribution is 8.23. The molecule has 0 spiro atoms. The molecule has 9 heteroatoms. The molecule has 0 amide bonds. The van der Waals surface area contributed by atoms with E-state index in [1.54, 1.807) is 43.3 Å². The van der Waals surface area contributed by atoms with E-state index in [1.807, 2.05) is 0 Å². The summed E-state index contributed by atoms with van der Waals surface area (Å²) in [6.07, 6.45) is 0. The maximum Gasteiger partial charge on any atom is 0.359 e. The minimum atomic E-state index is -3.15. The molecule has 2 aromatic carbocycles. The van der Waals surface area contributed by atoms with E-state index in [4.69, 9.17) is 9.84 Å².